The second-order valence-electron chi connectivity index (χ2n) is 5.53. The molecule has 0 saturated heterocycles. The second-order valence-corrected chi connectivity index (χ2v) is 6.84. The molecule has 1 aromatic rings. The zero-order valence-corrected chi connectivity index (χ0v) is 12.0. The number of hydrogen-bond acceptors (Lipinski definition) is 3. The Labute approximate surface area is 109 Å². The van der Waals surface area contributed by atoms with Gasteiger partial charge in [-0.05, 0) is 31.6 Å². The quantitative estimate of drug-likeness (QED) is 0.882. The Kier molecular flexibility index (Phi) is 4.57. The van der Waals surface area contributed by atoms with Gasteiger partial charge in [-0.1, -0.05) is 26.7 Å². The summed E-state index contributed by atoms with van der Waals surface area (Å²) in [7, 11) is 0. The Balaban J connectivity index is 1.88. The predicted octanol–water partition coefficient (Wildman–Crippen LogP) is 3.76. The Morgan fingerprint density at radius 2 is 2.18 bits per heavy atom. The number of hydrogen-bond donors (Lipinski definition) is 1. The summed E-state index contributed by atoms with van der Waals surface area (Å²) in [5, 5.41) is 4.93. The molecule has 2 nitrogen and oxygen atoms in total. The van der Waals surface area contributed by atoms with Crippen molar-refractivity contribution in [2.24, 2.45) is 11.8 Å². The molecule has 1 aliphatic rings. The van der Waals surface area contributed by atoms with Crippen LogP contribution >= 0.6 is 11.3 Å². The highest BCUT2D eigenvalue weighted by Gasteiger charge is 2.26. The maximum absolute atomic E-state index is 4.31. The van der Waals surface area contributed by atoms with Gasteiger partial charge in [-0.3, -0.25) is 0 Å². The molecule has 0 aromatic carbocycles. The van der Waals surface area contributed by atoms with Crippen molar-refractivity contribution in [2.75, 3.05) is 0 Å². The molecule has 1 heterocycles. The summed E-state index contributed by atoms with van der Waals surface area (Å²) in [4.78, 5) is 5.68. The van der Waals surface area contributed by atoms with Crippen LogP contribution in [0.2, 0.25) is 0 Å². The zero-order valence-electron chi connectivity index (χ0n) is 11.2. The minimum absolute atomic E-state index is 0.714. The molecule has 1 fully saturated rings. The topological polar surface area (TPSA) is 24.9 Å². The number of thiazole rings is 1. The van der Waals surface area contributed by atoms with E-state index in [1.807, 2.05) is 17.5 Å². The van der Waals surface area contributed by atoms with E-state index in [2.05, 4.69) is 31.1 Å². The number of aryl methyl sites for hydroxylation is 1. The normalized spacial score (nSPS) is 25.4. The summed E-state index contributed by atoms with van der Waals surface area (Å²) in [5.74, 6) is 1.66. The van der Waals surface area contributed by atoms with E-state index >= 15 is 0 Å². The van der Waals surface area contributed by atoms with E-state index in [0.717, 1.165) is 18.4 Å². The van der Waals surface area contributed by atoms with Crippen molar-refractivity contribution >= 4 is 11.3 Å². The highest BCUT2D eigenvalue weighted by molar-refractivity contribution is 7.11. The molecule has 1 aliphatic carbocycles. The van der Waals surface area contributed by atoms with E-state index in [0.29, 0.717) is 6.04 Å². The Hall–Kier alpha value is -0.410. The summed E-state index contributed by atoms with van der Waals surface area (Å²) in [6.45, 7) is 7.80. The van der Waals surface area contributed by atoms with E-state index in [-0.39, 0.29) is 0 Å². The van der Waals surface area contributed by atoms with Gasteiger partial charge in [0.1, 0.15) is 0 Å². The number of nitrogens with one attached hydrogen (secondary N) is 1. The van der Waals surface area contributed by atoms with Gasteiger partial charge in [-0.25, -0.2) is 4.98 Å². The molecule has 1 N–H and O–H groups in total. The van der Waals surface area contributed by atoms with Crippen molar-refractivity contribution in [1.29, 1.82) is 0 Å². The van der Waals surface area contributed by atoms with Crippen LogP contribution in [0.15, 0.2) is 6.20 Å². The van der Waals surface area contributed by atoms with Crippen LogP contribution in [0.5, 0.6) is 0 Å². The summed E-state index contributed by atoms with van der Waals surface area (Å²) in [6.07, 6.45) is 7.57. The van der Waals surface area contributed by atoms with Gasteiger partial charge in [-0.2, -0.15) is 0 Å². The Morgan fingerprint density at radius 1 is 1.41 bits per heavy atom. The van der Waals surface area contributed by atoms with Crippen LogP contribution in [0.1, 0.15) is 49.4 Å². The molecule has 3 heteroatoms. The highest BCUT2D eigenvalue weighted by Crippen LogP contribution is 2.30. The van der Waals surface area contributed by atoms with Crippen LogP contribution in [0.25, 0.3) is 0 Å². The first-order valence-electron chi connectivity index (χ1n) is 6.81. The first kappa shape index (κ1) is 13.0. The van der Waals surface area contributed by atoms with Crippen molar-refractivity contribution in [3.05, 3.63) is 16.1 Å². The number of nitrogens with zero attached hydrogens (tertiary/aromatic N) is 1. The van der Waals surface area contributed by atoms with Gasteiger partial charge >= 0.3 is 0 Å². The molecule has 0 aliphatic heterocycles. The minimum atomic E-state index is 0.714. The first-order chi connectivity index (χ1) is 8.16. The minimum Gasteiger partial charge on any atom is -0.309 e. The number of aromatic nitrogens is 1. The third-order valence-corrected chi connectivity index (χ3v) is 4.80. The van der Waals surface area contributed by atoms with Gasteiger partial charge in [-0.15, -0.1) is 11.3 Å². The average Bonchev–Trinajstić information content (AvgIpc) is 2.73. The highest BCUT2D eigenvalue weighted by atomic mass is 32.1. The summed E-state index contributed by atoms with van der Waals surface area (Å²) >= 11 is 1.81. The van der Waals surface area contributed by atoms with Crippen molar-refractivity contribution in [3.8, 4) is 0 Å². The smallest absolute Gasteiger partial charge is 0.0897 e. The molecule has 1 aromatic heterocycles. The molecular weight excluding hydrogens is 228 g/mol. The van der Waals surface area contributed by atoms with Crippen LogP contribution in [0.3, 0.4) is 0 Å². The fraction of sp³-hybridized carbons (Fsp3) is 0.786. The van der Waals surface area contributed by atoms with Crippen molar-refractivity contribution < 1.29 is 0 Å². The van der Waals surface area contributed by atoms with Crippen LogP contribution in [-0.4, -0.2) is 11.0 Å². The lowest BCUT2D eigenvalue weighted by molar-refractivity contribution is 0.205. The van der Waals surface area contributed by atoms with E-state index in [1.54, 1.807) is 0 Å². The van der Waals surface area contributed by atoms with Gasteiger partial charge in [0.05, 0.1) is 5.01 Å². The van der Waals surface area contributed by atoms with Crippen molar-refractivity contribution in [2.45, 2.75) is 59.0 Å². The number of rotatable bonds is 4. The van der Waals surface area contributed by atoms with E-state index in [9.17, 15) is 0 Å². The lowest BCUT2D eigenvalue weighted by atomic mass is 9.78. The van der Waals surface area contributed by atoms with Gasteiger partial charge in [0.15, 0.2) is 0 Å². The van der Waals surface area contributed by atoms with Crippen molar-refractivity contribution in [3.63, 3.8) is 0 Å². The van der Waals surface area contributed by atoms with Crippen LogP contribution < -0.4 is 5.32 Å². The van der Waals surface area contributed by atoms with Gasteiger partial charge in [0, 0.05) is 23.7 Å². The van der Waals surface area contributed by atoms with Crippen molar-refractivity contribution in [1.82, 2.24) is 10.3 Å². The molecule has 0 spiro atoms. The largest absolute Gasteiger partial charge is 0.309 e. The maximum Gasteiger partial charge on any atom is 0.0897 e. The van der Waals surface area contributed by atoms with E-state index in [4.69, 9.17) is 0 Å². The SMILES string of the molecule is Cc1ncc(CNC2CCCCC2C(C)C)s1. The third-order valence-electron chi connectivity index (χ3n) is 3.88. The van der Waals surface area contributed by atoms with Crippen LogP contribution in [0.4, 0.5) is 0 Å². The van der Waals surface area contributed by atoms with Crippen LogP contribution in [-0.2, 0) is 6.54 Å². The molecule has 0 amide bonds. The lowest BCUT2D eigenvalue weighted by Crippen LogP contribution is -2.40. The summed E-state index contributed by atoms with van der Waals surface area (Å²) in [6, 6.07) is 0.714. The molecule has 0 radical (unpaired) electrons. The molecule has 0 bridgehead atoms. The third kappa shape index (κ3) is 3.52. The zero-order chi connectivity index (χ0) is 12.3. The van der Waals surface area contributed by atoms with Gasteiger partial charge in [0.25, 0.3) is 0 Å². The monoisotopic (exact) mass is 252 g/mol. The fourth-order valence-corrected chi connectivity index (χ4v) is 3.68. The lowest BCUT2D eigenvalue weighted by Gasteiger charge is -2.35. The molecule has 96 valence electrons. The molecule has 2 atom stereocenters. The Bertz CT molecular complexity index is 346. The van der Waals surface area contributed by atoms with E-state index < -0.39 is 0 Å². The van der Waals surface area contributed by atoms with Crippen LogP contribution in [0, 0.1) is 18.8 Å². The molecule has 2 unspecified atom stereocenters. The maximum atomic E-state index is 4.31. The van der Waals surface area contributed by atoms with Gasteiger partial charge in [0.2, 0.25) is 0 Å². The summed E-state index contributed by atoms with van der Waals surface area (Å²) in [5.41, 5.74) is 0. The average molecular weight is 252 g/mol. The molecular formula is C14H24N2S. The summed E-state index contributed by atoms with van der Waals surface area (Å²) < 4.78 is 0. The predicted molar refractivity (Wildman–Crippen MR) is 74.3 cm³/mol. The molecule has 1 saturated carbocycles. The van der Waals surface area contributed by atoms with E-state index in [1.165, 1.54) is 35.6 Å². The molecule has 2 rings (SSSR count). The first-order valence-corrected chi connectivity index (χ1v) is 7.63. The fourth-order valence-electron chi connectivity index (χ4n) is 2.93. The second kappa shape index (κ2) is 5.96. The standard InChI is InChI=1S/C14H24N2S/c1-10(2)13-6-4-5-7-14(13)16-9-12-8-15-11(3)17-12/h8,10,13-14,16H,4-7,9H2,1-3H3. The Morgan fingerprint density at radius 3 is 2.82 bits per heavy atom. The molecule has 17 heavy (non-hydrogen) atoms. The van der Waals surface area contributed by atoms with Gasteiger partial charge < -0.3 is 5.32 Å².